The molecule has 148 valence electrons. The number of nitrogens with zero attached hydrogens (tertiary/aromatic N) is 1. The number of hydrogen-bond acceptors (Lipinski definition) is 6. The SMILES string of the molecule is CC(=O)Nc1ccc(NC2=C(N3CCOCC3)C(=O)c3ccccc3C2=O)cc1. The minimum atomic E-state index is -0.215. The van der Waals surface area contributed by atoms with E-state index in [1.807, 2.05) is 4.90 Å². The van der Waals surface area contributed by atoms with E-state index in [1.54, 1.807) is 48.5 Å². The number of carbonyl (C=O) groups is 3. The Morgan fingerprint density at radius 3 is 2.10 bits per heavy atom. The molecule has 2 aromatic rings. The minimum absolute atomic E-state index is 0.160. The van der Waals surface area contributed by atoms with Crippen molar-refractivity contribution in [2.24, 2.45) is 0 Å². The molecule has 7 nitrogen and oxygen atoms in total. The molecule has 1 aliphatic carbocycles. The normalized spacial score (nSPS) is 16.5. The first-order valence-electron chi connectivity index (χ1n) is 9.44. The van der Waals surface area contributed by atoms with Crippen molar-refractivity contribution < 1.29 is 19.1 Å². The predicted molar refractivity (Wildman–Crippen MR) is 109 cm³/mol. The Kier molecular flexibility index (Phi) is 5.14. The number of amides is 1. The number of hydrogen-bond donors (Lipinski definition) is 2. The molecule has 1 fully saturated rings. The third-order valence-corrected chi connectivity index (χ3v) is 4.90. The number of ether oxygens (including phenoxy) is 1. The first-order valence-corrected chi connectivity index (χ1v) is 9.44. The van der Waals surface area contributed by atoms with E-state index < -0.39 is 0 Å². The Balaban J connectivity index is 1.72. The molecule has 0 bridgehead atoms. The summed E-state index contributed by atoms with van der Waals surface area (Å²) in [6.45, 7) is 3.54. The van der Waals surface area contributed by atoms with Crippen LogP contribution in [0.25, 0.3) is 0 Å². The zero-order chi connectivity index (χ0) is 20.4. The lowest BCUT2D eigenvalue weighted by atomic mass is 9.89. The molecule has 4 rings (SSSR count). The van der Waals surface area contributed by atoms with Crippen LogP contribution in [0.5, 0.6) is 0 Å². The summed E-state index contributed by atoms with van der Waals surface area (Å²) in [6.07, 6.45) is 0. The van der Waals surface area contributed by atoms with Gasteiger partial charge in [-0.25, -0.2) is 0 Å². The van der Waals surface area contributed by atoms with E-state index in [4.69, 9.17) is 4.74 Å². The maximum absolute atomic E-state index is 13.3. The number of rotatable bonds is 4. The lowest BCUT2D eigenvalue weighted by Crippen LogP contribution is -2.42. The predicted octanol–water partition coefficient (Wildman–Crippen LogP) is 2.68. The summed E-state index contributed by atoms with van der Waals surface area (Å²) in [5.74, 6) is -0.542. The second-order valence-corrected chi connectivity index (χ2v) is 6.91. The first-order chi connectivity index (χ1) is 14.0. The van der Waals surface area contributed by atoms with Crippen molar-refractivity contribution in [2.45, 2.75) is 6.92 Å². The smallest absolute Gasteiger partial charge is 0.221 e. The van der Waals surface area contributed by atoms with Gasteiger partial charge >= 0.3 is 0 Å². The van der Waals surface area contributed by atoms with Gasteiger partial charge in [-0.2, -0.15) is 0 Å². The van der Waals surface area contributed by atoms with Gasteiger partial charge in [0.1, 0.15) is 11.4 Å². The van der Waals surface area contributed by atoms with E-state index in [0.29, 0.717) is 54.5 Å². The van der Waals surface area contributed by atoms with Crippen LogP contribution in [0.4, 0.5) is 11.4 Å². The quantitative estimate of drug-likeness (QED) is 0.833. The van der Waals surface area contributed by atoms with E-state index >= 15 is 0 Å². The third-order valence-electron chi connectivity index (χ3n) is 4.90. The van der Waals surface area contributed by atoms with Crippen LogP contribution in [0.1, 0.15) is 27.6 Å². The molecule has 2 aromatic carbocycles. The summed E-state index contributed by atoms with van der Waals surface area (Å²) in [5, 5.41) is 5.85. The highest BCUT2D eigenvalue weighted by Gasteiger charge is 2.35. The average Bonchev–Trinajstić information content (AvgIpc) is 2.73. The largest absolute Gasteiger partial charge is 0.378 e. The molecule has 7 heteroatoms. The van der Waals surface area contributed by atoms with E-state index in [2.05, 4.69) is 10.6 Å². The summed E-state index contributed by atoms with van der Waals surface area (Å²) in [5.41, 5.74) is 2.77. The van der Waals surface area contributed by atoms with Crippen LogP contribution in [0.2, 0.25) is 0 Å². The number of morpholine rings is 1. The molecule has 0 spiro atoms. The maximum atomic E-state index is 13.3. The fourth-order valence-corrected chi connectivity index (χ4v) is 3.55. The van der Waals surface area contributed by atoms with Gasteiger partial charge in [0.2, 0.25) is 17.5 Å². The fraction of sp³-hybridized carbons (Fsp3) is 0.227. The van der Waals surface area contributed by atoms with Gasteiger partial charge in [0.25, 0.3) is 0 Å². The molecule has 29 heavy (non-hydrogen) atoms. The molecular formula is C22H21N3O4. The van der Waals surface area contributed by atoms with Crippen LogP contribution < -0.4 is 10.6 Å². The number of benzene rings is 2. The number of anilines is 2. The van der Waals surface area contributed by atoms with Crippen molar-refractivity contribution in [3.8, 4) is 0 Å². The van der Waals surface area contributed by atoms with Crippen LogP contribution in [0.15, 0.2) is 59.9 Å². The number of nitrogens with one attached hydrogen (secondary N) is 2. The van der Waals surface area contributed by atoms with Gasteiger partial charge < -0.3 is 20.3 Å². The first kappa shape index (κ1) is 18.9. The van der Waals surface area contributed by atoms with Crippen molar-refractivity contribution in [1.29, 1.82) is 0 Å². The van der Waals surface area contributed by atoms with Crippen LogP contribution in [0.3, 0.4) is 0 Å². The van der Waals surface area contributed by atoms with Crippen LogP contribution in [-0.4, -0.2) is 48.7 Å². The Bertz CT molecular complexity index is 1000. The Morgan fingerprint density at radius 2 is 1.48 bits per heavy atom. The van der Waals surface area contributed by atoms with Gasteiger partial charge in [0.15, 0.2) is 0 Å². The van der Waals surface area contributed by atoms with Gasteiger partial charge in [0, 0.05) is 42.5 Å². The number of Topliss-reactive ketones (excluding diaryl/α,β-unsaturated/α-hetero) is 2. The lowest BCUT2D eigenvalue weighted by molar-refractivity contribution is -0.114. The van der Waals surface area contributed by atoms with Crippen molar-refractivity contribution in [1.82, 2.24) is 4.90 Å². The van der Waals surface area contributed by atoms with Gasteiger partial charge in [-0.1, -0.05) is 24.3 Å². The molecule has 0 aromatic heterocycles. The number of carbonyl (C=O) groups excluding carboxylic acids is 3. The number of ketones is 2. The highest BCUT2D eigenvalue weighted by Crippen LogP contribution is 2.30. The Hall–Kier alpha value is -3.45. The van der Waals surface area contributed by atoms with Gasteiger partial charge in [-0.05, 0) is 24.3 Å². The number of allylic oxidation sites excluding steroid dienone is 2. The standard InChI is InChI=1S/C22H21N3O4/c1-14(26)23-15-6-8-16(9-7-15)24-19-20(25-10-12-29-13-11-25)22(28)18-5-3-2-4-17(18)21(19)27/h2-9,24H,10-13H2,1H3,(H,23,26). The van der Waals surface area contributed by atoms with Gasteiger partial charge in [-0.15, -0.1) is 0 Å². The van der Waals surface area contributed by atoms with Crippen molar-refractivity contribution in [3.05, 3.63) is 71.1 Å². The highest BCUT2D eigenvalue weighted by molar-refractivity contribution is 6.27. The molecule has 1 amide bonds. The lowest BCUT2D eigenvalue weighted by Gasteiger charge is -2.34. The summed E-state index contributed by atoms with van der Waals surface area (Å²) >= 11 is 0. The molecule has 0 saturated carbocycles. The second kappa shape index (κ2) is 7.89. The molecule has 2 N–H and O–H groups in total. The second-order valence-electron chi connectivity index (χ2n) is 6.91. The average molecular weight is 391 g/mol. The zero-order valence-electron chi connectivity index (χ0n) is 16.0. The van der Waals surface area contributed by atoms with Crippen LogP contribution in [0, 0.1) is 0 Å². The summed E-state index contributed by atoms with van der Waals surface area (Å²) in [4.78, 5) is 39.6. The van der Waals surface area contributed by atoms with Crippen molar-refractivity contribution in [2.75, 3.05) is 36.9 Å². The summed E-state index contributed by atoms with van der Waals surface area (Å²) < 4.78 is 5.41. The van der Waals surface area contributed by atoms with E-state index in [0.717, 1.165) is 0 Å². The monoisotopic (exact) mass is 391 g/mol. The molecule has 1 saturated heterocycles. The third kappa shape index (κ3) is 3.77. The van der Waals surface area contributed by atoms with Crippen LogP contribution >= 0.6 is 0 Å². The van der Waals surface area contributed by atoms with Crippen molar-refractivity contribution in [3.63, 3.8) is 0 Å². The van der Waals surface area contributed by atoms with Gasteiger partial charge in [-0.3, -0.25) is 14.4 Å². The molecule has 2 aliphatic rings. The minimum Gasteiger partial charge on any atom is -0.378 e. The molecule has 1 heterocycles. The molecule has 1 aliphatic heterocycles. The molecule has 0 unspecified atom stereocenters. The number of fused-ring (bicyclic) bond motifs is 1. The van der Waals surface area contributed by atoms with E-state index in [9.17, 15) is 14.4 Å². The van der Waals surface area contributed by atoms with Gasteiger partial charge in [0.05, 0.1) is 13.2 Å². The molecule has 0 atom stereocenters. The molecular weight excluding hydrogens is 370 g/mol. The fourth-order valence-electron chi connectivity index (χ4n) is 3.55. The zero-order valence-corrected chi connectivity index (χ0v) is 16.0. The Morgan fingerprint density at radius 1 is 0.897 bits per heavy atom. The van der Waals surface area contributed by atoms with E-state index in [-0.39, 0.29) is 23.2 Å². The topological polar surface area (TPSA) is 87.7 Å². The van der Waals surface area contributed by atoms with Crippen LogP contribution in [-0.2, 0) is 9.53 Å². The maximum Gasteiger partial charge on any atom is 0.221 e. The van der Waals surface area contributed by atoms with E-state index in [1.165, 1.54) is 6.92 Å². The molecule has 0 radical (unpaired) electrons. The summed E-state index contributed by atoms with van der Waals surface area (Å²) in [6, 6.07) is 13.9. The summed E-state index contributed by atoms with van der Waals surface area (Å²) in [7, 11) is 0. The highest BCUT2D eigenvalue weighted by atomic mass is 16.5. The Labute approximate surface area is 168 Å². The van der Waals surface area contributed by atoms with Crippen molar-refractivity contribution >= 4 is 28.8 Å².